The fourth-order valence-electron chi connectivity index (χ4n) is 3.27. The number of aromatic nitrogens is 2. The zero-order valence-corrected chi connectivity index (χ0v) is 14.7. The fourth-order valence-corrected chi connectivity index (χ4v) is 3.27. The molecule has 2 rings (SSSR count). The smallest absolute Gasteiger partial charge is 0.286 e. The second-order valence-corrected chi connectivity index (χ2v) is 6.71. The molecule has 1 aromatic rings. The lowest BCUT2D eigenvalue weighted by atomic mass is 9.87. The lowest BCUT2D eigenvalue weighted by Crippen LogP contribution is -2.41. The number of nitrogens with one attached hydrogen (secondary N) is 2. The molecule has 0 saturated heterocycles. The number of alkyl halides is 3. The number of rotatable bonds is 8. The number of halogens is 3. The van der Waals surface area contributed by atoms with Gasteiger partial charge in [-0.25, -0.2) is 15.0 Å². The maximum absolute atomic E-state index is 12.7. The normalized spacial score (nSPS) is 20.8. The number of hydrazine groups is 1. The van der Waals surface area contributed by atoms with Crippen LogP contribution in [0.25, 0.3) is 0 Å². The summed E-state index contributed by atoms with van der Waals surface area (Å²) < 4.78 is 38.0. The Hall–Kier alpha value is -2.43. The number of carbonyl (C=O) groups excluding carboxylic acids is 2. The summed E-state index contributed by atoms with van der Waals surface area (Å²) in [6.45, 7) is 1.86. The first-order valence-electron chi connectivity index (χ1n) is 8.57. The number of carbonyl (C=O) groups is 2. The Morgan fingerprint density at radius 3 is 2.81 bits per heavy atom. The van der Waals surface area contributed by atoms with Crippen molar-refractivity contribution in [2.24, 2.45) is 17.8 Å². The Kier molecular flexibility index (Phi) is 6.94. The zero-order valence-electron chi connectivity index (χ0n) is 14.7. The van der Waals surface area contributed by atoms with E-state index in [1.54, 1.807) is 0 Å². The van der Waals surface area contributed by atoms with Gasteiger partial charge in [0, 0.05) is 6.20 Å². The minimum absolute atomic E-state index is 0.196. The van der Waals surface area contributed by atoms with Gasteiger partial charge in [-0.1, -0.05) is 26.2 Å². The summed E-state index contributed by atoms with van der Waals surface area (Å²) in [6, 6.07) is 0.713. The molecule has 3 atom stereocenters. The lowest BCUT2D eigenvalue weighted by Gasteiger charge is -2.24. The molecule has 0 aromatic carbocycles. The van der Waals surface area contributed by atoms with Crippen molar-refractivity contribution in [3.63, 3.8) is 0 Å². The third-order valence-corrected chi connectivity index (χ3v) is 4.77. The largest absolute Gasteiger partial charge is 0.433 e. The van der Waals surface area contributed by atoms with E-state index in [4.69, 9.17) is 0 Å². The van der Waals surface area contributed by atoms with Crippen molar-refractivity contribution in [1.29, 1.82) is 0 Å². The van der Waals surface area contributed by atoms with Crippen LogP contribution in [0.4, 0.5) is 19.1 Å². The third-order valence-electron chi connectivity index (χ3n) is 4.77. The molecule has 27 heavy (non-hydrogen) atoms. The van der Waals surface area contributed by atoms with Crippen molar-refractivity contribution >= 4 is 18.3 Å². The molecule has 2 unspecified atom stereocenters. The van der Waals surface area contributed by atoms with Crippen LogP contribution in [0.3, 0.4) is 0 Å². The Labute approximate surface area is 154 Å². The predicted molar refractivity (Wildman–Crippen MR) is 88.0 cm³/mol. The first-order valence-corrected chi connectivity index (χ1v) is 8.57. The van der Waals surface area contributed by atoms with E-state index in [0.717, 1.165) is 25.5 Å². The van der Waals surface area contributed by atoms with E-state index < -0.39 is 29.6 Å². The number of hydrogen-bond donors (Lipinski definition) is 3. The molecule has 0 aliphatic heterocycles. The maximum atomic E-state index is 12.7. The highest BCUT2D eigenvalue weighted by molar-refractivity contribution is 5.80. The minimum Gasteiger partial charge on any atom is -0.286 e. The third kappa shape index (κ3) is 6.05. The summed E-state index contributed by atoms with van der Waals surface area (Å²) in [5.41, 5.74) is 3.37. The summed E-state index contributed by atoms with van der Waals surface area (Å²) >= 11 is 0. The highest BCUT2D eigenvalue weighted by Crippen LogP contribution is 2.35. The number of hydroxylamine groups is 2. The summed E-state index contributed by atoms with van der Waals surface area (Å²) in [5, 5.41) is 9.82. The van der Waals surface area contributed by atoms with Gasteiger partial charge in [-0.05, 0) is 24.3 Å². The number of nitrogens with zero attached hydrogens (tertiary/aromatic N) is 3. The highest BCUT2D eigenvalue weighted by atomic mass is 19.4. The van der Waals surface area contributed by atoms with Crippen molar-refractivity contribution < 1.29 is 28.0 Å². The molecule has 0 radical (unpaired) electrons. The molecule has 3 N–H and O–H groups in total. The quantitative estimate of drug-likeness (QED) is 0.358. The number of anilines is 1. The van der Waals surface area contributed by atoms with Crippen LogP contribution in [-0.2, 0) is 15.8 Å². The van der Waals surface area contributed by atoms with Gasteiger partial charge in [-0.3, -0.25) is 25.6 Å². The zero-order chi connectivity index (χ0) is 20.0. The van der Waals surface area contributed by atoms with E-state index in [1.807, 2.05) is 0 Å². The van der Waals surface area contributed by atoms with Gasteiger partial charge in [-0.15, -0.1) is 0 Å². The first-order chi connectivity index (χ1) is 12.7. The molecule has 1 saturated carbocycles. The molecule has 8 nitrogen and oxygen atoms in total. The van der Waals surface area contributed by atoms with E-state index in [0.29, 0.717) is 23.5 Å². The van der Waals surface area contributed by atoms with Crippen LogP contribution >= 0.6 is 0 Å². The standard InChI is InChI=1S/C16H22F3N5O3/c1-10-3-2-4-11(10)7-12(8-24(27)9-25)14(26)22-23-15-20-6-5-13(21-15)16(17,18)19/h5-6,9-12,27H,2-4,7-8H2,1H3,(H,22,26)(H,20,21,23)/t10?,11?,12-/m1/s1. The van der Waals surface area contributed by atoms with Crippen LogP contribution in [0.15, 0.2) is 12.3 Å². The van der Waals surface area contributed by atoms with E-state index in [-0.39, 0.29) is 18.9 Å². The summed E-state index contributed by atoms with van der Waals surface area (Å²) in [4.78, 5) is 30.0. The van der Waals surface area contributed by atoms with Crippen LogP contribution in [0, 0.1) is 17.8 Å². The summed E-state index contributed by atoms with van der Waals surface area (Å²) in [5.74, 6) is -1.03. The van der Waals surface area contributed by atoms with Gasteiger partial charge in [0.2, 0.25) is 18.3 Å². The monoisotopic (exact) mass is 389 g/mol. The minimum atomic E-state index is -4.63. The van der Waals surface area contributed by atoms with Crippen LogP contribution < -0.4 is 10.9 Å². The highest BCUT2D eigenvalue weighted by Gasteiger charge is 2.33. The van der Waals surface area contributed by atoms with Gasteiger partial charge in [-0.2, -0.15) is 13.2 Å². The molecule has 1 aromatic heterocycles. The number of amides is 2. The average Bonchev–Trinajstić information content (AvgIpc) is 3.03. The van der Waals surface area contributed by atoms with Crippen molar-refractivity contribution in [2.75, 3.05) is 12.0 Å². The van der Waals surface area contributed by atoms with Gasteiger partial charge < -0.3 is 0 Å². The fraction of sp³-hybridized carbons (Fsp3) is 0.625. The molecular weight excluding hydrogens is 367 g/mol. The van der Waals surface area contributed by atoms with E-state index >= 15 is 0 Å². The molecular formula is C16H22F3N5O3. The van der Waals surface area contributed by atoms with E-state index in [1.165, 1.54) is 0 Å². The van der Waals surface area contributed by atoms with Gasteiger partial charge in [0.05, 0.1) is 12.5 Å². The van der Waals surface area contributed by atoms with Gasteiger partial charge in [0.1, 0.15) is 5.69 Å². The Morgan fingerprint density at radius 1 is 1.48 bits per heavy atom. The topological polar surface area (TPSA) is 107 Å². The molecule has 1 aliphatic rings. The van der Waals surface area contributed by atoms with E-state index in [9.17, 15) is 28.0 Å². The lowest BCUT2D eigenvalue weighted by molar-refractivity contribution is -0.155. The molecule has 0 spiro atoms. The SMILES string of the molecule is CC1CCCC1C[C@H](CN(O)C=O)C(=O)NNc1nccc(C(F)(F)F)n1. The van der Waals surface area contributed by atoms with Crippen molar-refractivity contribution in [1.82, 2.24) is 20.5 Å². The second-order valence-electron chi connectivity index (χ2n) is 6.71. The van der Waals surface area contributed by atoms with E-state index in [2.05, 4.69) is 27.7 Å². The van der Waals surface area contributed by atoms with Crippen LogP contribution in [-0.4, -0.2) is 39.1 Å². The molecule has 11 heteroatoms. The number of hydrogen-bond acceptors (Lipinski definition) is 6. The predicted octanol–water partition coefficient (Wildman–Crippen LogP) is 2.23. The van der Waals surface area contributed by atoms with Crippen LogP contribution in [0.2, 0.25) is 0 Å². The molecule has 150 valence electrons. The molecule has 1 aliphatic carbocycles. The van der Waals surface area contributed by atoms with Crippen molar-refractivity contribution in [2.45, 2.75) is 38.8 Å². The molecule has 2 amide bonds. The Bertz CT molecular complexity index is 658. The van der Waals surface area contributed by atoms with Gasteiger partial charge >= 0.3 is 6.18 Å². The Balaban J connectivity index is 2.01. The second kappa shape index (κ2) is 8.98. The summed E-state index contributed by atoms with van der Waals surface area (Å²) in [7, 11) is 0. The van der Waals surface area contributed by atoms with Crippen LogP contribution in [0.1, 0.15) is 38.3 Å². The average molecular weight is 389 g/mol. The molecule has 1 heterocycles. The van der Waals surface area contributed by atoms with Crippen LogP contribution in [0.5, 0.6) is 0 Å². The summed E-state index contributed by atoms with van der Waals surface area (Å²) in [6.07, 6.45) is -0.0268. The molecule has 0 bridgehead atoms. The van der Waals surface area contributed by atoms with Gasteiger partial charge in [0.15, 0.2) is 0 Å². The Morgan fingerprint density at radius 2 is 2.22 bits per heavy atom. The first kappa shape index (κ1) is 20.9. The van der Waals surface area contributed by atoms with Gasteiger partial charge in [0.25, 0.3) is 0 Å². The maximum Gasteiger partial charge on any atom is 0.433 e. The van der Waals surface area contributed by atoms with Crippen molar-refractivity contribution in [3.8, 4) is 0 Å². The van der Waals surface area contributed by atoms with Crippen molar-refractivity contribution in [3.05, 3.63) is 18.0 Å². The molecule has 1 fully saturated rings.